The molecule has 0 spiro atoms. The van der Waals surface area contributed by atoms with Gasteiger partial charge in [0.05, 0.1) is 7.05 Å². The number of hydrogen-bond acceptors (Lipinski definition) is 3. The predicted octanol–water partition coefficient (Wildman–Crippen LogP) is 0.330. The van der Waals surface area contributed by atoms with Gasteiger partial charge in [-0.1, -0.05) is 20.8 Å². The van der Waals surface area contributed by atoms with Gasteiger partial charge in [0.15, 0.2) is 5.78 Å². The van der Waals surface area contributed by atoms with E-state index in [-0.39, 0.29) is 11.2 Å². The summed E-state index contributed by atoms with van der Waals surface area (Å²) in [7, 11) is 1.79. The number of Topliss-reactive ketones (excluding diaryl/α,β-unsaturated/α-hetero) is 1. The van der Waals surface area contributed by atoms with Crippen LogP contribution in [0, 0.1) is 5.41 Å². The molecule has 0 aromatic carbocycles. The minimum atomic E-state index is -0.370. The van der Waals surface area contributed by atoms with E-state index >= 15 is 0 Å². The van der Waals surface area contributed by atoms with Gasteiger partial charge in [-0.15, -0.1) is 0 Å². The molecule has 0 saturated carbocycles. The second-order valence-electron chi connectivity index (χ2n) is 4.69. The van der Waals surface area contributed by atoms with Crippen molar-refractivity contribution < 1.29 is 9.80 Å². The number of nitrogen functional groups attached to an aromatic ring is 1. The monoisotopic (exact) mass is 208 g/mol. The zero-order chi connectivity index (χ0) is 11.6. The molecule has 1 rings (SSSR count). The van der Waals surface area contributed by atoms with E-state index in [1.807, 2.05) is 20.8 Å². The molecule has 82 valence electrons. The third-order valence-corrected chi connectivity index (χ3v) is 2.11. The molecule has 4 nitrogen and oxygen atoms in total. The van der Waals surface area contributed by atoms with Crippen molar-refractivity contribution in [3.63, 3.8) is 0 Å². The summed E-state index contributed by atoms with van der Waals surface area (Å²) in [6, 6.07) is 3.54. The summed E-state index contributed by atoms with van der Waals surface area (Å²) in [6.45, 7) is 5.68. The molecule has 0 aliphatic carbocycles. The first-order chi connectivity index (χ1) is 6.82. The van der Waals surface area contributed by atoms with Crippen molar-refractivity contribution in [3.05, 3.63) is 23.9 Å². The second kappa shape index (κ2) is 4.08. The van der Waals surface area contributed by atoms with Crippen molar-refractivity contribution in [1.29, 1.82) is 0 Å². The maximum atomic E-state index is 11.9. The molecule has 0 fully saturated rings. The van der Waals surface area contributed by atoms with Gasteiger partial charge in [0.25, 0.3) is 0 Å². The van der Waals surface area contributed by atoms with E-state index in [4.69, 9.17) is 5.84 Å². The maximum absolute atomic E-state index is 11.9. The second-order valence-corrected chi connectivity index (χ2v) is 4.69. The van der Waals surface area contributed by atoms with Crippen molar-refractivity contribution >= 4 is 11.6 Å². The number of carbonyl (C=O) groups excluding carboxylic acids is 1. The Hall–Kier alpha value is -1.26. The van der Waals surface area contributed by atoms with Gasteiger partial charge in [-0.25, -0.2) is 9.99 Å². The summed E-state index contributed by atoms with van der Waals surface area (Å²) < 4.78 is 0. The number of ketones is 1. The van der Waals surface area contributed by atoms with Crippen LogP contribution in [0.25, 0.3) is 0 Å². The molecule has 15 heavy (non-hydrogen) atoms. The lowest BCUT2D eigenvalue weighted by Gasteiger charge is -2.16. The number of carbonyl (C=O) groups is 1. The first-order valence-corrected chi connectivity index (χ1v) is 4.92. The molecule has 0 aliphatic rings. The fourth-order valence-corrected chi connectivity index (χ4v) is 1.19. The van der Waals surface area contributed by atoms with Crippen molar-refractivity contribution in [2.24, 2.45) is 11.3 Å². The average molecular weight is 208 g/mol. The highest BCUT2D eigenvalue weighted by Gasteiger charge is 2.23. The van der Waals surface area contributed by atoms with Crippen LogP contribution < -0.4 is 10.9 Å². The molecular formula is C11H18N3O+. The van der Waals surface area contributed by atoms with E-state index < -0.39 is 0 Å². The molecule has 3 N–H and O–H groups in total. The standard InChI is InChI=1S/C11H17N3O/c1-11(2,3)10(15)8-5-6-9(13-7-8)14(4)12/h5-7H,12H2,1-4H3/p+1. The van der Waals surface area contributed by atoms with Gasteiger partial charge in [0, 0.05) is 23.2 Å². The smallest absolute Gasteiger partial charge is 0.244 e. The molecule has 0 radical (unpaired) electrons. The third kappa shape index (κ3) is 2.84. The minimum absolute atomic E-state index is 0.0937. The normalized spacial score (nSPS) is 13.7. The Morgan fingerprint density at radius 2 is 2.00 bits per heavy atom. The lowest BCUT2D eigenvalue weighted by molar-refractivity contribution is -0.825. The molecule has 1 unspecified atom stereocenters. The molecule has 1 aromatic heterocycles. The zero-order valence-corrected chi connectivity index (χ0v) is 9.66. The van der Waals surface area contributed by atoms with Crippen LogP contribution in [0.2, 0.25) is 0 Å². The number of rotatable bonds is 2. The summed E-state index contributed by atoms with van der Waals surface area (Å²) in [5.74, 6) is 6.41. The third-order valence-electron chi connectivity index (χ3n) is 2.11. The highest BCUT2D eigenvalue weighted by Crippen LogP contribution is 2.20. The van der Waals surface area contributed by atoms with E-state index in [0.29, 0.717) is 10.6 Å². The molecule has 0 aliphatic heterocycles. The summed E-state index contributed by atoms with van der Waals surface area (Å²) in [5, 5.41) is 0.657. The quantitative estimate of drug-likeness (QED) is 0.418. The Morgan fingerprint density at radius 3 is 2.33 bits per heavy atom. The van der Waals surface area contributed by atoms with E-state index in [1.54, 1.807) is 25.4 Å². The Bertz CT molecular complexity index is 349. The number of nitrogens with one attached hydrogen (secondary N) is 1. The summed E-state index contributed by atoms with van der Waals surface area (Å²) in [6.07, 6.45) is 1.58. The molecule has 0 saturated heterocycles. The molecule has 1 aromatic rings. The Balaban J connectivity index is 2.95. The highest BCUT2D eigenvalue weighted by molar-refractivity contribution is 5.99. The lowest BCUT2D eigenvalue weighted by Crippen LogP contribution is -3.10. The number of nitrogens with two attached hydrogens (primary N) is 1. The first kappa shape index (κ1) is 11.8. The minimum Gasteiger partial charge on any atom is -0.294 e. The van der Waals surface area contributed by atoms with E-state index in [1.165, 1.54) is 0 Å². The molecule has 1 heterocycles. The molecule has 4 heteroatoms. The van der Waals surface area contributed by atoms with Crippen molar-refractivity contribution in [1.82, 2.24) is 4.98 Å². The lowest BCUT2D eigenvalue weighted by atomic mass is 9.87. The highest BCUT2D eigenvalue weighted by atomic mass is 16.1. The summed E-state index contributed by atoms with van der Waals surface area (Å²) >= 11 is 0. The average Bonchev–Trinajstić information content (AvgIpc) is 2.15. The van der Waals surface area contributed by atoms with Gasteiger partial charge in [-0.05, 0) is 6.07 Å². The topological polar surface area (TPSA) is 60.4 Å². The number of quaternary nitrogens is 1. The van der Waals surface area contributed by atoms with Crippen molar-refractivity contribution in [2.75, 3.05) is 7.05 Å². The molecular weight excluding hydrogens is 190 g/mol. The summed E-state index contributed by atoms with van der Waals surface area (Å²) in [4.78, 5) is 16.0. The van der Waals surface area contributed by atoms with Crippen LogP contribution in [0.5, 0.6) is 0 Å². The largest absolute Gasteiger partial charge is 0.294 e. The number of hydrogen-bond donors (Lipinski definition) is 2. The van der Waals surface area contributed by atoms with Gasteiger partial charge in [0.2, 0.25) is 5.82 Å². The zero-order valence-electron chi connectivity index (χ0n) is 9.66. The van der Waals surface area contributed by atoms with Crippen molar-refractivity contribution in [3.8, 4) is 0 Å². The number of nitrogens with zero attached hydrogens (tertiary/aromatic N) is 1. The predicted molar refractivity (Wildman–Crippen MR) is 58.8 cm³/mol. The van der Waals surface area contributed by atoms with E-state index in [9.17, 15) is 4.79 Å². The van der Waals surface area contributed by atoms with Crippen LogP contribution in [0.15, 0.2) is 18.3 Å². The van der Waals surface area contributed by atoms with Crippen LogP contribution >= 0.6 is 0 Å². The van der Waals surface area contributed by atoms with E-state index in [2.05, 4.69) is 4.98 Å². The number of pyridine rings is 1. The first-order valence-electron chi connectivity index (χ1n) is 4.92. The van der Waals surface area contributed by atoms with Crippen LogP contribution in [0.4, 0.5) is 5.82 Å². The molecule has 1 atom stereocenters. The van der Waals surface area contributed by atoms with Gasteiger partial charge in [0.1, 0.15) is 0 Å². The van der Waals surface area contributed by atoms with Gasteiger partial charge in [-0.2, -0.15) is 5.84 Å². The Labute approximate surface area is 90.1 Å². The van der Waals surface area contributed by atoms with Crippen molar-refractivity contribution in [2.45, 2.75) is 20.8 Å². The van der Waals surface area contributed by atoms with Crippen LogP contribution in [-0.4, -0.2) is 17.8 Å². The fourth-order valence-electron chi connectivity index (χ4n) is 1.19. The van der Waals surface area contributed by atoms with Gasteiger partial charge >= 0.3 is 0 Å². The summed E-state index contributed by atoms with van der Waals surface area (Å²) in [5.41, 5.74) is 0.262. The van der Waals surface area contributed by atoms with Crippen LogP contribution in [0.1, 0.15) is 31.1 Å². The molecule has 0 amide bonds. The number of aromatic nitrogens is 1. The molecule has 0 bridgehead atoms. The Morgan fingerprint density at radius 1 is 1.40 bits per heavy atom. The van der Waals surface area contributed by atoms with Gasteiger partial charge in [-0.3, -0.25) is 4.79 Å². The Kier molecular flexibility index (Phi) is 3.21. The van der Waals surface area contributed by atoms with E-state index in [0.717, 1.165) is 5.82 Å². The SMILES string of the molecule is C[NH+](N)c1ccc(C(=O)C(C)(C)C)cn1. The van der Waals surface area contributed by atoms with Crippen LogP contribution in [0.3, 0.4) is 0 Å². The van der Waals surface area contributed by atoms with Crippen LogP contribution in [-0.2, 0) is 0 Å². The maximum Gasteiger partial charge on any atom is 0.244 e. The van der Waals surface area contributed by atoms with Gasteiger partial charge < -0.3 is 0 Å². The fraction of sp³-hybridized carbons (Fsp3) is 0.455.